The van der Waals surface area contributed by atoms with Crippen LogP contribution in [-0.4, -0.2) is 30.6 Å². The summed E-state index contributed by atoms with van der Waals surface area (Å²) in [5, 5.41) is 1.68. The van der Waals surface area contributed by atoms with E-state index in [4.69, 9.17) is 5.84 Å². The Morgan fingerprint density at radius 3 is 2.64 bits per heavy atom. The van der Waals surface area contributed by atoms with Crippen LogP contribution in [0.3, 0.4) is 0 Å². The number of benzene rings is 1. The van der Waals surface area contributed by atoms with Crippen LogP contribution in [-0.2, 0) is 4.79 Å². The number of hydrogen-bond acceptors (Lipinski definition) is 3. The van der Waals surface area contributed by atoms with Crippen molar-refractivity contribution >= 4 is 31.3 Å². The zero-order valence-electron chi connectivity index (χ0n) is 7.38. The molecule has 1 amide bonds. The molecule has 5 heteroatoms. The van der Waals surface area contributed by atoms with Crippen molar-refractivity contribution in [3.63, 3.8) is 0 Å². The molecule has 1 aromatic carbocycles. The van der Waals surface area contributed by atoms with Gasteiger partial charge < -0.3 is 0 Å². The molecule has 0 bridgehead atoms. The van der Waals surface area contributed by atoms with Gasteiger partial charge in [-0.25, -0.2) is 0 Å². The Balaban J connectivity index is 2.24. The number of carbonyl (C=O) groups is 1. The van der Waals surface area contributed by atoms with Crippen LogP contribution in [0.1, 0.15) is 0 Å². The molecule has 0 aromatic heterocycles. The molecule has 1 aliphatic rings. The van der Waals surface area contributed by atoms with E-state index in [1.807, 2.05) is 30.3 Å². The predicted molar refractivity (Wildman–Crippen MR) is 55.1 cm³/mol. The third-order valence-corrected chi connectivity index (χ3v) is 3.75. The molecule has 0 radical (unpaired) electrons. The molecule has 0 aliphatic carbocycles. The van der Waals surface area contributed by atoms with E-state index >= 15 is 0 Å². The van der Waals surface area contributed by atoms with Crippen molar-refractivity contribution in [3.8, 4) is 0 Å². The van der Waals surface area contributed by atoms with Crippen LogP contribution < -0.4 is 5.84 Å². The molecule has 14 heavy (non-hydrogen) atoms. The third-order valence-electron chi connectivity index (χ3n) is 1.78. The number of hydrogen-bond donors (Lipinski definition) is 1. The van der Waals surface area contributed by atoms with E-state index < -0.39 is 0 Å². The molecule has 1 aromatic rings. The average Bonchev–Trinajstić information content (AvgIpc) is 2.52. The molecule has 0 spiro atoms. The first-order valence-electron chi connectivity index (χ1n) is 4.11. The second kappa shape index (κ2) is 3.92. The standard InChI is InChI=1S/C9H9N3OSe/c10-12-8(13)6-14-9(12)11-7-4-2-1-3-5-7/h1-5H,6,10H2. The second-order valence-corrected chi connectivity index (χ2v) is 4.76. The summed E-state index contributed by atoms with van der Waals surface area (Å²) < 4.78 is 0.703. The summed E-state index contributed by atoms with van der Waals surface area (Å²) in [5.74, 6) is 5.50. The number of amidine groups is 1. The molecule has 72 valence electrons. The van der Waals surface area contributed by atoms with E-state index in [1.54, 1.807) is 0 Å². The van der Waals surface area contributed by atoms with E-state index in [0.29, 0.717) is 10.1 Å². The first kappa shape index (κ1) is 9.40. The monoisotopic (exact) mass is 255 g/mol. The van der Waals surface area contributed by atoms with Gasteiger partial charge in [-0.15, -0.1) is 0 Å². The summed E-state index contributed by atoms with van der Waals surface area (Å²) in [4.78, 5) is 15.4. The summed E-state index contributed by atoms with van der Waals surface area (Å²) >= 11 is 0.0850. The zero-order valence-corrected chi connectivity index (χ0v) is 9.10. The number of rotatable bonds is 1. The number of nitrogens with two attached hydrogens (primary N) is 1. The Labute approximate surface area is 87.9 Å². The van der Waals surface area contributed by atoms with Crippen LogP contribution in [0.15, 0.2) is 35.3 Å². The van der Waals surface area contributed by atoms with E-state index in [0.717, 1.165) is 10.7 Å². The molecule has 0 saturated carbocycles. The fourth-order valence-corrected chi connectivity index (χ4v) is 2.75. The van der Waals surface area contributed by atoms with Gasteiger partial charge in [0.05, 0.1) is 0 Å². The molecule has 0 unspecified atom stereocenters. The van der Waals surface area contributed by atoms with Gasteiger partial charge in [0.25, 0.3) is 0 Å². The average molecular weight is 254 g/mol. The van der Waals surface area contributed by atoms with Gasteiger partial charge >= 0.3 is 87.6 Å². The molecule has 0 atom stereocenters. The molecule has 2 N–H and O–H groups in total. The summed E-state index contributed by atoms with van der Waals surface area (Å²) in [6, 6.07) is 9.52. The van der Waals surface area contributed by atoms with Gasteiger partial charge in [0.15, 0.2) is 0 Å². The Hall–Kier alpha value is -1.16. The van der Waals surface area contributed by atoms with E-state index in [1.165, 1.54) is 0 Å². The van der Waals surface area contributed by atoms with Gasteiger partial charge in [-0.2, -0.15) is 0 Å². The minimum atomic E-state index is -0.0420. The van der Waals surface area contributed by atoms with Crippen LogP contribution >= 0.6 is 0 Å². The Morgan fingerprint density at radius 2 is 2.07 bits per heavy atom. The number of nitrogens with zero attached hydrogens (tertiary/aromatic N) is 2. The van der Waals surface area contributed by atoms with Crippen molar-refractivity contribution in [2.75, 3.05) is 0 Å². The van der Waals surface area contributed by atoms with Gasteiger partial charge in [0.1, 0.15) is 0 Å². The van der Waals surface area contributed by atoms with Gasteiger partial charge in [-0.3, -0.25) is 0 Å². The van der Waals surface area contributed by atoms with E-state index in [9.17, 15) is 4.79 Å². The molecule has 4 nitrogen and oxygen atoms in total. The maximum atomic E-state index is 11.1. The zero-order chi connectivity index (χ0) is 9.97. The van der Waals surface area contributed by atoms with Gasteiger partial charge in [-0.05, 0) is 0 Å². The number of para-hydroxylation sites is 1. The minimum absolute atomic E-state index is 0.0420. The van der Waals surface area contributed by atoms with Crippen LogP contribution in [0.5, 0.6) is 0 Å². The topological polar surface area (TPSA) is 58.7 Å². The number of amides is 1. The van der Waals surface area contributed by atoms with Crippen molar-refractivity contribution in [3.05, 3.63) is 30.3 Å². The summed E-state index contributed by atoms with van der Waals surface area (Å²) in [5.41, 5.74) is 0.842. The normalized spacial score (nSPS) is 19.4. The first-order chi connectivity index (χ1) is 6.77. The van der Waals surface area contributed by atoms with Gasteiger partial charge in [0, 0.05) is 0 Å². The number of hydrazine groups is 1. The first-order valence-corrected chi connectivity index (χ1v) is 6.18. The van der Waals surface area contributed by atoms with E-state index in [-0.39, 0.29) is 20.9 Å². The van der Waals surface area contributed by atoms with Crippen molar-refractivity contribution in [2.45, 2.75) is 5.32 Å². The third kappa shape index (κ3) is 1.85. The fourth-order valence-electron chi connectivity index (χ4n) is 1.07. The second-order valence-electron chi connectivity index (χ2n) is 2.78. The summed E-state index contributed by atoms with van der Waals surface area (Å²) in [6.07, 6.45) is 0. The Bertz CT molecular complexity index is 377. The SMILES string of the molecule is NN1C(=O)C[Se]C1=Nc1ccccc1. The van der Waals surface area contributed by atoms with Crippen molar-refractivity contribution < 1.29 is 4.79 Å². The number of carbonyl (C=O) groups excluding carboxylic acids is 1. The Morgan fingerprint density at radius 1 is 1.36 bits per heavy atom. The van der Waals surface area contributed by atoms with Crippen molar-refractivity contribution in [2.24, 2.45) is 10.8 Å². The van der Waals surface area contributed by atoms with Crippen molar-refractivity contribution in [1.82, 2.24) is 5.01 Å². The van der Waals surface area contributed by atoms with Gasteiger partial charge in [-0.1, -0.05) is 0 Å². The molecular formula is C9H9N3OSe. The summed E-state index contributed by atoms with van der Waals surface area (Å²) in [6.45, 7) is 0. The molecule has 1 heterocycles. The summed E-state index contributed by atoms with van der Waals surface area (Å²) in [7, 11) is 0. The fraction of sp³-hybridized carbons (Fsp3) is 0.111. The quantitative estimate of drug-likeness (QED) is 0.451. The van der Waals surface area contributed by atoms with E-state index in [2.05, 4.69) is 4.99 Å². The van der Waals surface area contributed by atoms with Crippen LogP contribution in [0.25, 0.3) is 0 Å². The molecular weight excluding hydrogens is 245 g/mol. The van der Waals surface area contributed by atoms with Crippen molar-refractivity contribution in [1.29, 1.82) is 0 Å². The predicted octanol–water partition coefficient (Wildman–Crippen LogP) is 0.512. The van der Waals surface area contributed by atoms with Gasteiger partial charge in [0.2, 0.25) is 0 Å². The molecule has 2 rings (SSSR count). The van der Waals surface area contributed by atoms with Crippen LogP contribution in [0.2, 0.25) is 5.32 Å². The number of aliphatic imine (C=N–C) groups is 1. The van der Waals surface area contributed by atoms with Crippen LogP contribution in [0.4, 0.5) is 5.69 Å². The van der Waals surface area contributed by atoms with Crippen LogP contribution in [0, 0.1) is 0 Å². The molecule has 1 saturated heterocycles. The Kier molecular flexibility index (Phi) is 2.63. The maximum absolute atomic E-state index is 11.1. The molecule has 1 aliphatic heterocycles. The molecule has 1 fully saturated rings.